The average Bonchev–Trinajstić information content (AvgIpc) is 2.64. The van der Waals surface area contributed by atoms with E-state index < -0.39 is 0 Å². The Morgan fingerprint density at radius 3 is 2.38 bits per heavy atom. The van der Waals surface area contributed by atoms with Gasteiger partial charge in [-0.15, -0.1) is 0 Å². The van der Waals surface area contributed by atoms with Crippen LogP contribution in [0.3, 0.4) is 0 Å². The molecule has 2 aromatic carbocycles. The maximum Gasteiger partial charge on any atom is 0.251 e. The Kier molecular flexibility index (Phi) is 5.65. The smallest absolute Gasteiger partial charge is 0.251 e. The normalized spacial score (nSPS) is 13.8. The van der Waals surface area contributed by atoms with Crippen LogP contribution >= 0.6 is 0 Å². The second-order valence-corrected chi connectivity index (χ2v) is 8.07. The molecule has 0 atom stereocenters. The van der Waals surface area contributed by atoms with E-state index >= 15 is 0 Å². The minimum Gasteiger partial charge on any atom is -0.492 e. The first kappa shape index (κ1) is 18.5. The van der Waals surface area contributed by atoms with Crippen LogP contribution in [0.4, 0.5) is 0 Å². The van der Waals surface area contributed by atoms with Crippen LogP contribution in [0.1, 0.15) is 60.7 Å². The Morgan fingerprint density at radius 1 is 1.00 bits per heavy atom. The highest BCUT2D eigenvalue weighted by Gasteiger charge is 2.14. The fraction of sp³-hybridized carbons (Fsp3) is 0.435. The zero-order valence-electron chi connectivity index (χ0n) is 16.1. The molecule has 1 aliphatic rings. The van der Waals surface area contributed by atoms with E-state index in [1.54, 1.807) is 0 Å². The molecule has 1 amide bonds. The summed E-state index contributed by atoms with van der Waals surface area (Å²) >= 11 is 0. The van der Waals surface area contributed by atoms with Crippen LogP contribution in [0.2, 0.25) is 0 Å². The molecule has 3 heteroatoms. The SMILES string of the molecule is CC(C)(C)c1ccc(OCCNC(=O)c2ccc3c(c2)CCCC3)cc1. The summed E-state index contributed by atoms with van der Waals surface area (Å²) in [7, 11) is 0. The number of carbonyl (C=O) groups excluding carboxylic acids is 1. The Bertz CT molecular complexity index is 757. The molecule has 0 saturated heterocycles. The highest BCUT2D eigenvalue weighted by Crippen LogP contribution is 2.24. The zero-order chi connectivity index (χ0) is 18.6. The molecular weight excluding hydrogens is 322 g/mol. The van der Waals surface area contributed by atoms with E-state index in [1.165, 1.54) is 29.5 Å². The molecule has 0 unspecified atom stereocenters. The van der Waals surface area contributed by atoms with Crippen molar-refractivity contribution in [2.75, 3.05) is 13.2 Å². The van der Waals surface area contributed by atoms with Gasteiger partial charge in [-0.1, -0.05) is 39.0 Å². The minimum atomic E-state index is -0.0231. The number of benzene rings is 2. The monoisotopic (exact) mass is 351 g/mol. The van der Waals surface area contributed by atoms with Gasteiger partial charge in [0, 0.05) is 5.56 Å². The summed E-state index contributed by atoms with van der Waals surface area (Å²) < 4.78 is 5.74. The molecule has 0 aliphatic heterocycles. The van der Waals surface area contributed by atoms with Crippen LogP contribution in [0.15, 0.2) is 42.5 Å². The Hall–Kier alpha value is -2.29. The first-order valence-corrected chi connectivity index (χ1v) is 9.57. The van der Waals surface area contributed by atoms with Crippen LogP contribution in [-0.2, 0) is 18.3 Å². The maximum absolute atomic E-state index is 12.3. The molecule has 1 aliphatic carbocycles. The highest BCUT2D eigenvalue weighted by atomic mass is 16.5. The van der Waals surface area contributed by atoms with Gasteiger partial charge >= 0.3 is 0 Å². The fourth-order valence-corrected chi connectivity index (χ4v) is 3.36. The number of fused-ring (bicyclic) bond motifs is 1. The summed E-state index contributed by atoms with van der Waals surface area (Å²) in [5.74, 6) is 0.811. The van der Waals surface area contributed by atoms with Crippen molar-refractivity contribution in [1.82, 2.24) is 5.32 Å². The fourth-order valence-electron chi connectivity index (χ4n) is 3.36. The van der Waals surface area contributed by atoms with Crippen molar-refractivity contribution >= 4 is 5.91 Å². The molecule has 0 saturated carbocycles. The summed E-state index contributed by atoms with van der Waals surface area (Å²) in [6.07, 6.45) is 4.70. The molecule has 0 bridgehead atoms. The molecule has 0 heterocycles. The largest absolute Gasteiger partial charge is 0.492 e. The van der Waals surface area contributed by atoms with Gasteiger partial charge in [-0.3, -0.25) is 4.79 Å². The molecular formula is C23H29NO2. The summed E-state index contributed by atoms with van der Waals surface area (Å²) in [6, 6.07) is 14.3. The summed E-state index contributed by atoms with van der Waals surface area (Å²) in [5.41, 5.74) is 4.90. The van der Waals surface area contributed by atoms with E-state index in [2.05, 4.69) is 50.4 Å². The van der Waals surface area contributed by atoms with Gasteiger partial charge in [0.2, 0.25) is 0 Å². The molecule has 0 aromatic heterocycles. The Balaban J connectivity index is 1.47. The second kappa shape index (κ2) is 7.94. The molecule has 3 nitrogen and oxygen atoms in total. The number of hydrogen-bond donors (Lipinski definition) is 1. The number of ether oxygens (including phenoxy) is 1. The van der Waals surface area contributed by atoms with E-state index in [0.717, 1.165) is 24.2 Å². The Labute approximate surface area is 156 Å². The Morgan fingerprint density at radius 2 is 1.69 bits per heavy atom. The lowest BCUT2D eigenvalue weighted by molar-refractivity contribution is 0.0947. The third kappa shape index (κ3) is 4.66. The average molecular weight is 351 g/mol. The lowest BCUT2D eigenvalue weighted by Crippen LogP contribution is -2.28. The lowest BCUT2D eigenvalue weighted by Gasteiger charge is -2.19. The molecule has 0 fully saturated rings. The van der Waals surface area contributed by atoms with E-state index in [9.17, 15) is 4.79 Å². The van der Waals surface area contributed by atoms with Gasteiger partial charge in [-0.2, -0.15) is 0 Å². The standard InChI is InChI=1S/C23H29NO2/c1-23(2,3)20-10-12-21(13-11-20)26-15-14-24-22(25)19-9-8-17-6-4-5-7-18(17)16-19/h8-13,16H,4-7,14-15H2,1-3H3,(H,24,25). The molecule has 3 rings (SSSR count). The quantitative estimate of drug-likeness (QED) is 0.795. The van der Waals surface area contributed by atoms with Crippen LogP contribution in [0.25, 0.3) is 0 Å². The van der Waals surface area contributed by atoms with Gasteiger partial charge in [0.1, 0.15) is 12.4 Å². The van der Waals surface area contributed by atoms with Crippen LogP contribution < -0.4 is 10.1 Å². The van der Waals surface area contributed by atoms with Gasteiger partial charge < -0.3 is 10.1 Å². The third-order valence-electron chi connectivity index (χ3n) is 4.99. The number of rotatable bonds is 5. The van der Waals surface area contributed by atoms with Crippen LogP contribution in [-0.4, -0.2) is 19.1 Å². The minimum absolute atomic E-state index is 0.0231. The summed E-state index contributed by atoms with van der Waals surface area (Å²) in [6.45, 7) is 7.54. The van der Waals surface area contributed by atoms with Gasteiger partial charge in [-0.25, -0.2) is 0 Å². The molecule has 1 N–H and O–H groups in total. The van der Waals surface area contributed by atoms with Gasteiger partial charge in [0.05, 0.1) is 6.54 Å². The van der Waals surface area contributed by atoms with E-state index in [4.69, 9.17) is 4.74 Å². The van der Waals surface area contributed by atoms with Crippen molar-refractivity contribution < 1.29 is 9.53 Å². The van der Waals surface area contributed by atoms with Gasteiger partial charge in [0.25, 0.3) is 5.91 Å². The summed E-state index contributed by atoms with van der Waals surface area (Å²) in [5, 5.41) is 2.95. The molecule has 2 aromatic rings. The predicted octanol–water partition coefficient (Wildman–Crippen LogP) is 4.67. The number of nitrogens with one attached hydrogen (secondary N) is 1. The van der Waals surface area contributed by atoms with E-state index in [0.29, 0.717) is 13.2 Å². The van der Waals surface area contributed by atoms with Crippen molar-refractivity contribution in [3.05, 3.63) is 64.7 Å². The van der Waals surface area contributed by atoms with Crippen molar-refractivity contribution in [3.63, 3.8) is 0 Å². The van der Waals surface area contributed by atoms with Crippen LogP contribution in [0.5, 0.6) is 5.75 Å². The second-order valence-electron chi connectivity index (χ2n) is 8.07. The predicted molar refractivity (Wildman–Crippen MR) is 106 cm³/mol. The van der Waals surface area contributed by atoms with E-state index in [-0.39, 0.29) is 11.3 Å². The molecule has 0 spiro atoms. The first-order chi connectivity index (χ1) is 12.4. The summed E-state index contributed by atoms with van der Waals surface area (Å²) in [4.78, 5) is 12.3. The van der Waals surface area contributed by atoms with E-state index in [1.807, 2.05) is 18.2 Å². The number of amides is 1. The third-order valence-corrected chi connectivity index (χ3v) is 4.99. The molecule has 26 heavy (non-hydrogen) atoms. The number of carbonyl (C=O) groups is 1. The first-order valence-electron chi connectivity index (χ1n) is 9.57. The molecule has 0 radical (unpaired) electrons. The number of aryl methyl sites for hydroxylation is 2. The van der Waals surface area contributed by atoms with Crippen molar-refractivity contribution in [2.45, 2.75) is 51.9 Å². The number of hydrogen-bond acceptors (Lipinski definition) is 2. The van der Waals surface area contributed by atoms with Gasteiger partial charge in [0.15, 0.2) is 0 Å². The highest BCUT2D eigenvalue weighted by molar-refractivity contribution is 5.94. The van der Waals surface area contributed by atoms with Crippen molar-refractivity contribution in [1.29, 1.82) is 0 Å². The van der Waals surface area contributed by atoms with Crippen LogP contribution in [0, 0.1) is 0 Å². The zero-order valence-corrected chi connectivity index (χ0v) is 16.1. The molecule has 138 valence electrons. The topological polar surface area (TPSA) is 38.3 Å². The maximum atomic E-state index is 12.3. The van der Waals surface area contributed by atoms with Crippen molar-refractivity contribution in [2.24, 2.45) is 0 Å². The lowest BCUT2D eigenvalue weighted by atomic mass is 9.87. The van der Waals surface area contributed by atoms with Crippen molar-refractivity contribution in [3.8, 4) is 5.75 Å². The van der Waals surface area contributed by atoms with Gasteiger partial charge in [-0.05, 0) is 72.1 Å².